The van der Waals surface area contributed by atoms with Gasteiger partial charge in [-0.15, -0.1) is 0 Å². The molecule has 0 aliphatic rings. The molecule has 1 heterocycles. The molecule has 1 aromatic carbocycles. The number of para-hydroxylation sites is 1. The van der Waals surface area contributed by atoms with E-state index in [1.54, 1.807) is 0 Å². The molecule has 1 amide bonds. The molecule has 0 unspecified atom stereocenters. The van der Waals surface area contributed by atoms with Crippen LogP contribution in [0.5, 0.6) is 0 Å². The lowest BCUT2D eigenvalue weighted by atomic mass is 10.1. The quantitative estimate of drug-likeness (QED) is 0.833. The average molecular weight is 230 g/mol. The molecule has 0 atom stereocenters. The Bertz CT molecular complexity index is 528. The van der Waals surface area contributed by atoms with Gasteiger partial charge >= 0.3 is 0 Å². The van der Waals surface area contributed by atoms with Gasteiger partial charge in [-0.25, -0.2) is 0 Å². The van der Waals surface area contributed by atoms with E-state index in [0.717, 1.165) is 29.4 Å². The fourth-order valence-corrected chi connectivity index (χ4v) is 2.01. The van der Waals surface area contributed by atoms with Gasteiger partial charge in [0, 0.05) is 23.6 Å². The van der Waals surface area contributed by atoms with Crippen molar-refractivity contribution in [1.29, 1.82) is 0 Å². The zero-order chi connectivity index (χ0) is 12.3. The third-order valence-corrected chi connectivity index (χ3v) is 2.93. The van der Waals surface area contributed by atoms with Crippen molar-refractivity contribution in [3.8, 4) is 0 Å². The molecule has 3 heteroatoms. The fourth-order valence-electron chi connectivity index (χ4n) is 2.01. The number of aryl methyl sites for hydroxylation is 1. The van der Waals surface area contributed by atoms with Crippen LogP contribution in [0.3, 0.4) is 0 Å². The third-order valence-electron chi connectivity index (χ3n) is 2.93. The first-order chi connectivity index (χ1) is 8.22. The first kappa shape index (κ1) is 11.7. The Balaban J connectivity index is 2.19. The second-order valence-corrected chi connectivity index (χ2v) is 4.34. The van der Waals surface area contributed by atoms with Crippen molar-refractivity contribution in [2.24, 2.45) is 0 Å². The van der Waals surface area contributed by atoms with E-state index in [0.29, 0.717) is 6.42 Å². The molecule has 0 saturated carbocycles. The van der Waals surface area contributed by atoms with E-state index in [2.05, 4.69) is 36.3 Å². The van der Waals surface area contributed by atoms with Gasteiger partial charge in [0.05, 0.1) is 6.42 Å². The number of hydrogen-bond acceptors (Lipinski definition) is 1. The minimum atomic E-state index is 0.0919. The third kappa shape index (κ3) is 2.49. The normalized spacial score (nSPS) is 10.7. The van der Waals surface area contributed by atoms with Gasteiger partial charge in [0.25, 0.3) is 0 Å². The van der Waals surface area contributed by atoms with Crippen molar-refractivity contribution < 1.29 is 4.79 Å². The number of benzene rings is 1. The number of hydrogen-bond donors (Lipinski definition) is 2. The molecule has 2 aromatic rings. The number of rotatable bonds is 4. The molecule has 0 bridgehead atoms. The first-order valence-corrected chi connectivity index (χ1v) is 6.04. The molecule has 0 spiro atoms. The van der Waals surface area contributed by atoms with Gasteiger partial charge in [-0.2, -0.15) is 0 Å². The molecular formula is C14H18N2O. The Morgan fingerprint density at radius 3 is 3.00 bits per heavy atom. The second kappa shape index (κ2) is 5.04. The van der Waals surface area contributed by atoms with E-state index in [1.165, 1.54) is 5.56 Å². The van der Waals surface area contributed by atoms with Crippen LogP contribution in [0.15, 0.2) is 24.4 Å². The highest BCUT2D eigenvalue weighted by atomic mass is 16.1. The van der Waals surface area contributed by atoms with Crippen molar-refractivity contribution in [2.75, 3.05) is 6.54 Å². The Morgan fingerprint density at radius 1 is 1.41 bits per heavy atom. The highest BCUT2D eigenvalue weighted by Gasteiger charge is 2.08. The number of aromatic amines is 1. The predicted molar refractivity (Wildman–Crippen MR) is 70.0 cm³/mol. The zero-order valence-corrected chi connectivity index (χ0v) is 10.3. The Labute approximate surface area is 101 Å². The summed E-state index contributed by atoms with van der Waals surface area (Å²) in [6.45, 7) is 4.87. The summed E-state index contributed by atoms with van der Waals surface area (Å²) in [7, 11) is 0. The van der Waals surface area contributed by atoms with Gasteiger partial charge in [-0.1, -0.05) is 25.1 Å². The maximum absolute atomic E-state index is 11.7. The molecule has 0 fully saturated rings. The van der Waals surface area contributed by atoms with Crippen molar-refractivity contribution in [1.82, 2.24) is 10.3 Å². The molecule has 0 aliphatic carbocycles. The van der Waals surface area contributed by atoms with Crippen LogP contribution in [0.2, 0.25) is 0 Å². The first-order valence-electron chi connectivity index (χ1n) is 6.04. The molecule has 1 aromatic heterocycles. The molecular weight excluding hydrogens is 212 g/mol. The van der Waals surface area contributed by atoms with Crippen molar-refractivity contribution in [3.05, 3.63) is 35.5 Å². The summed E-state index contributed by atoms with van der Waals surface area (Å²) in [5, 5.41) is 4.05. The number of H-pyrrole nitrogens is 1. The lowest BCUT2D eigenvalue weighted by Crippen LogP contribution is -2.25. The SMILES string of the molecule is CCCNC(=O)Cc1c[nH]c2c(C)cccc12. The summed E-state index contributed by atoms with van der Waals surface area (Å²) in [6, 6.07) is 6.15. The van der Waals surface area contributed by atoms with E-state index in [9.17, 15) is 4.79 Å². The lowest BCUT2D eigenvalue weighted by Gasteiger charge is -2.02. The second-order valence-electron chi connectivity index (χ2n) is 4.34. The van der Waals surface area contributed by atoms with Crippen LogP contribution in [-0.2, 0) is 11.2 Å². The minimum Gasteiger partial charge on any atom is -0.361 e. The molecule has 3 nitrogen and oxygen atoms in total. The number of carbonyl (C=O) groups excluding carboxylic acids is 1. The Morgan fingerprint density at radius 2 is 2.24 bits per heavy atom. The standard InChI is InChI=1S/C14H18N2O/c1-3-7-15-13(17)8-11-9-16-14-10(2)5-4-6-12(11)14/h4-6,9,16H,3,7-8H2,1-2H3,(H,15,17). The number of nitrogens with one attached hydrogen (secondary N) is 2. The van der Waals surface area contributed by atoms with E-state index in [-0.39, 0.29) is 5.91 Å². The number of aromatic nitrogens is 1. The van der Waals surface area contributed by atoms with Crippen molar-refractivity contribution in [3.63, 3.8) is 0 Å². The van der Waals surface area contributed by atoms with Gasteiger partial charge in [-0.05, 0) is 24.5 Å². The van der Waals surface area contributed by atoms with Crippen LogP contribution < -0.4 is 5.32 Å². The molecule has 2 rings (SSSR count). The number of amides is 1. The molecule has 0 radical (unpaired) electrons. The molecule has 2 N–H and O–H groups in total. The summed E-state index contributed by atoms with van der Waals surface area (Å²) in [6.07, 6.45) is 3.35. The van der Waals surface area contributed by atoms with Crippen LogP contribution in [0.1, 0.15) is 24.5 Å². The largest absolute Gasteiger partial charge is 0.361 e. The maximum Gasteiger partial charge on any atom is 0.224 e. The average Bonchev–Trinajstić information content (AvgIpc) is 2.71. The monoisotopic (exact) mass is 230 g/mol. The number of carbonyl (C=O) groups is 1. The summed E-state index contributed by atoms with van der Waals surface area (Å²) < 4.78 is 0. The summed E-state index contributed by atoms with van der Waals surface area (Å²) in [4.78, 5) is 14.9. The molecule has 90 valence electrons. The zero-order valence-electron chi connectivity index (χ0n) is 10.3. The highest BCUT2D eigenvalue weighted by molar-refractivity contribution is 5.90. The molecule has 0 aliphatic heterocycles. The molecule has 17 heavy (non-hydrogen) atoms. The fraction of sp³-hybridized carbons (Fsp3) is 0.357. The smallest absolute Gasteiger partial charge is 0.224 e. The van der Waals surface area contributed by atoms with Crippen molar-refractivity contribution >= 4 is 16.8 Å². The van der Waals surface area contributed by atoms with E-state index < -0.39 is 0 Å². The van der Waals surface area contributed by atoms with Gasteiger partial charge in [0.15, 0.2) is 0 Å². The lowest BCUT2D eigenvalue weighted by molar-refractivity contribution is -0.120. The van der Waals surface area contributed by atoms with Crippen molar-refractivity contribution in [2.45, 2.75) is 26.7 Å². The molecule has 0 saturated heterocycles. The van der Waals surface area contributed by atoms with Gasteiger partial charge in [0.1, 0.15) is 0 Å². The van der Waals surface area contributed by atoms with E-state index >= 15 is 0 Å². The van der Waals surface area contributed by atoms with Gasteiger partial charge in [-0.3, -0.25) is 4.79 Å². The van der Waals surface area contributed by atoms with Crippen LogP contribution in [0.25, 0.3) is 10.9 Å². The van der Waals surface area contributed by atoms with Crippen LogP contribution in [0, 0.1) is 6.92 Å². The van der Waals surface area contributed by atoms with E-state index in [4.69, 9.17) is 0 Å². The van der Waals surface area contributed by atoms with E-state index in [1.807, 2.05) is 12.3 Å². The summed E-state index contributed by atoms with van der Waals surface area (Å²) in [5.41, 5.74) is 3.41. The predicted octanol–water partition coefficient (Wildman–Crippen LogP) is 2.55. The van der Waals surface area contributed by atoms with Gasteiger partial charge < -0.3 is 10.3 Å². The summed E-state index contributed by atoms with van der Waals surface area (Å²) >= 11 is 0. The van der Waals surface area contributed by atoms with Crippen LogP contribution in [0.4, 0.5) is 0 Å². The Hall–Kier alpha value is -1.77. The topological polar surface area (TPSA) is 44.9 Å². The maximum atomic E-state index is 11.7. The Kier molecular flexibility index (Phi) is 3.47. The minimum absolute atomic E-state index is 0.0919. The van der Waals surface area contributed by atoms with Gasteiger partial charge in [0.2, 0.25) is 5.91 Å². The van der Waals surface area contributed by atoms with Crippen LogP contribution >= 0.6 is 0 Å². The number of fused-ring (bicyclic) bond motifs is 1. The highest BCUT2D eigenvalue weighted by Crippen LogP contribution is 2.21. The van der Waals surface area contributed by atoms with Crippen LogP contribution in [-0.4, -0.2) is 17.4 Å². The summed E-state index contributed by atoms with van der Waals surface area (Å²) in [5.74, 6) is 0.0919.